The predicted octanol–water partition coefficient (Wildman–Crippen LogP) is 2.49. The fourth-order valence-electron chi connectivity index (χ4n) is 1.77. The fourth-order valence-corrected chi connectivity index (χ4v) is 2.03. The largest absolute Gasteiger partial charge is 0.467 e. The molecule has 0 aliphatic rings. The average molecular weight is 349 g/mol. The average Bonchev–Trinajstić information content (AvgIpc) is 2.53. The molecular formula is C15H13BrN2O3. The normalized spacial score (nSPS) is 11.5. The molecule has 1 amide bonds. The summed E-state index contributed by atoms with van der Waals surface area (Å²) < 4.78 is 5.64. The van der Waals surface area contributed by atoms with E-state index in [0.717, 1.165) is 4.47 Å². The van der Waals surface area contributed by atoms with Crippen molar-refractivity contribution >= 4 is 27.8 Å². The quantitative estimate of drug-likeness (QED) is 0.862. The first-order chi connectivity index (χ1) is 10.1. The number of hydrogen-bond acceptors (Lipinski definition) is 4. The Morgan fingerprint density at radius 2 is 1.76 bits per heavy atom. The van der Waals surface area contributed by atoms with Crippen molar-refractivity contribution < 1.29 is 14.3 Å². The Kier molecular flexibility index (Phi) is 5.05. The van der Waals surface area contributed by atoms with Crippen molar-refractivity contribution in [1.29, 1.82) is 0 Å². The number of carbonyl (C=O) groups is 2. The van der Waals surface area contributed by atoms with Crippen LogP contribution in [0.15, 0.2) is 53.3 Å². The number of rotatable bonds is 4. The molecule has 1 unspecified atom stereocenters. The number of carbonyl (C=O) groups excluding carboxylic acids is 2. The lowest BCUT2D eigenvalue weighted by Crippen LogP contribution is -2.34. The molecule has 1 atom stereocenters. The SMILES string of the molecule is COC(=O)C(NC(=O)c1ccncc1)c1ccc(Br)cc1. The lowest BCUT2D eigenvalue weighted by molar-refractivity contribution is -0.143. The summed E-state index contributed by atoms with van der Waals surface area (Å²) in [4.78, 5) is 27.9. The molecule has 21 heavy (non-hydrogen) atoms. The Morgan fingerprint density at radius 1 is 1.14 bits per heavy atom. The molecular weight excluding hydrogens is 336 g/mol. The molecule has 1 heterocycles. The Bertz CT molecular complexity index is 629. The van der Waals surface area contributed by atoms with E-state index in [9.17, 15) is 9.59 Å². The monoisotopic (exact) mass is 348 g/mol. The summed E-state index contributed by atoms with van der Waals surface area (Å²) in [6.07, 6.45) is 3.03. The van der Waals surface area contributed by atoms with E-state index < -0.39 is 12.0 Å². The van der Waals surface area contributed by atoms with E-state index >= 15 is 0 Å². The van der Waals surface area contributed by atoms with Crippen molar-refractivity contribution in [3.63, 3.8) is 0 Å². The summed E-state index contributed by atoms with van der Waals surface area (Å²) in [6, 6.07) is 9.38. The van der Waals surface area contributed by atoms with Gasteiger partial charge in [-0.05, 0) is 29.8 Å². The van der Waals surface area contributed by atoms with Crippen LogP contribution >= 0.6 is 15.9 Å². The summed E-state index contributed by atoms with van der Waals surface area (Å²) >= 11 is 3.33. The first kappa shape index (κ1) is 15.2. The fraction of sp³-hybridized carbons (Fsp3) is 0.133. The van der Waals surface area contributed by atoms with Gasteiger partial charge in [0.2, 0.25) is 0 Å². The van der Waals surface area contributed by atoms with E-state index in [0.29, 0.717) is 11.1 Å². The van der Waals surface area contributed by atoms with Gasteiger partial charge < -0.3 is 10.1 Å². The number of amides is 1. The van der Waals surface area contributed by atoms with E-state index in [1.54, 1.807) is 36.4 Å². The number of pyridine rings is 1. The maximum Gasteiger partial charge on any atom is 0.333 e. The maximum absolute atomic E-state index is 12.2. The zero-order chi connectivity index (χ0) is 15.2. The van der Waals surface area contributed by atoms with E-state index in [-0.39, 0.29) is 5.91 Å². The van der Waals surface area contributed by atoms with Gasteiger partial charge in [0.1, 0.15) is 0 Å². The first-order valence-electron chi connectivity index (χ1n) is 6.16. The van der Waals surface area contributed by atoms with Gasteiger partial charge >= 0.3 is 5.97 Å². The highest BCUT2D eigenvalue weighted by Crippen LogP contribution is 2.18. The standard InChI is InChI=1S/C15H13BrN2O3/c1-21-15(20)13(10-2-4-12(16)5-3-10)18-14(19)11-6-8-17-9-7-11/h2-9,13H,1H3,(H,18,19). The third-order valence-corrected chi connectivity index (χ3v) is 3.39. The molecule has 1 aromatic heterocycles. The highest BCUT2D eigenvalue weighted by atomic mass is 79.9. The Balaban J connectivity index is 2.23. The highest BCUT2D eigenvalue weighted by Gasteiger charge is 2.24. The molecule has 0 aliphatic heterocycles. The minimum absolute atomic E-state index is 0.365. The van der Waals surface area contributed by atoms with Crippen molar-refractivity contribution in [2.75, 3.05) is 7.11 Å². The topological polar surface area (TPSA) is 68.3 Å². The van der Waals surface area contributed by atoms with Gasteiger partial charge in [0, 0.05) is 22.4 Å². The van der Waals surface area contributed by atoms with Crippen LogP contribution in [0.1, 0.15) is 22.0 Å². The predicted molar refractivity (Wildman–Crippen MR) is 80.6 cm³/mol. The lowest BCUT2D eigenvalue weighted by atomic mass is 10.1. The van der Waals surface area contributed by atoms with Gasteiger partial charge in [-0.2, -0.15) is 0 Å². The number of nitrogens with one attached hydrogen (secondary N) is 1. The van der Waals surface area contributed by atoms with E-state index in [4.69, 9.17) is 4.74 Å². The van der Waals surface area contributed by atoms with Gasteiger partial charge in [-0.3, -0.25) is 9.78 Å². The third kappa shape index (κ3) is 3.88. The van der Waals surface area contributed by atoms with E-state index in [1.807, 2.05) is 0 Å². The van der Waals surface area contributed by atoms with Gasteiger partial charge in [-0.15, -0.1) is 0 Å². The summed E-state index contributed by atoms with van der Waals surface area (Å²) in [5.41, 5.74) is 1.07. The van der Waals surface area contributed by atoms with E-state index in [1.165, 1.54) is 19.5 Å². The lowest BCUT2D eigenvalue weighted by Gasteiger charge is -2.17. The molecule has 1 N–H and O–H groups in total. The van der Waals surface area contributed by atoms with E-state index in [2.05, 4.69) is 26.2 Å². The van der Waals surface area contributed by atoms with Crippen LogP contribution in [0.3, 0.4) is 0 Å². The molecule has 2 rings (SSSR count). The molecule has 0 aliphatic carbocycles. The van der Waals surface area contributed by atoms with Gasteiger partial charge in [0.25, 0.3) is 5.91 Å². The number of ether oxygens (including phenoxy) is 1. The molecule has 0 saturated carbocycles. The molecule has 1 aromatic carbocycles. The molecule has 0 fully saturated rings. The Morgan fingerprint density at radius 3 is 2.33 bits per heavy atom. The summed E-state index contributed by atoms with van der Waals surface area (Å²) in [7, 11) is 1.28. The summed E-state index contributed by atoms with van der Waals surface area (Å²) in [5, 5.41) is 2.66. The van der Waals surface area contributed by atoms with Crippen molar-refractivity contribution in [3.8, 4) is 0 Å². The third-order valence-electron chi connectivity index (χ3n) is 2.86. The molecule has 108 valence electrons. The number of esters is 1. The van der Waals surface area contributed by atoms with Crippen LogP contribution in [-0.4, -0.2) is 24.0 Å². The molecule has 0 saturated heterocycles. The van der Waals surface area contributed by atoms with Crippen LogP contribution in [0.2, 0.25) is 0 Å². The van der Waals surface area contributed by atoms with Crippen LogP contribution in [0.25, 0.3) is 0 Å². The van der Waals surface area contributed by atoms with Crippen LogP contribution in [0.5, 0.6) is 0 Å². The number of nitrogens with zero attached hydrogens (tertiary/aromatic N) is 1. The van der Waals surface area contributed by atoms with Crippen molar-refractivity contribution in [2.24, 2.45) is 0 Å². The second-order valence-corrected chi connectivity index (χ2v) is 5.13. The molecule has 0 radical (unpaired) electrons. The Labute approximate surface area is 130 Å². The molecule has 2 aromatic rings. The first-order valence-corrected chi connectivity index (χ1v) is 6.95. The van der Waals surface area contributed by atoms with Crippen molar-refractivity contribution in [3.05, 3.63) is 64.4 Å². The number of methoxy groups -OCH3 is 1. The molecule has 5 nitrogen and oxygen atoms in total. The second-order valence-electron chi connectivity index (χ2n) is 4.22. The highest BCUT2D eigenvalue weighted by molar-refractivity contribution is 9.10. The van der Waals surface area contributed by atoms with Crippen LogP contribution in [0, 0.1) is 0 Å². The van der Waals surface area contributed by atoms with Gasteiger partial charge in [-0.1, -0.05) is 28.1 Å². The van der Waals surface area contributed by atoms with Crippen LogP contribution in [0.4, 0.5) is 0 Å². The van der Waals surface area contributed by atoms with Gasteiger partial charge in [-0.25, -0.2) is 4.79 Å². The molecule has 0 spiro atoms. The number of aromatic nitrogens is 1. The summed E-state index contributed by atoms with van der Waals surface area (Å²) in [6.45, 7) is 0. The van der Waals surface area contributed by atoms with Crippen molar-refractivity contribution in [2.45, 2.75) is 6.04 Å². The number of halogens is 1. The van der Waals surface area contributed by atoms with Crippen molar-refractivity contribution in [1.82, 2.24) is 10.3 Å². The van der Waals surface area contributed by atoms with Crippen LogP contribution in [-0.2, 0) is 9.53 Å². The summed E-state index contributed by atoms with van der Waals surface area (Å²) in [5.74, 6) is -0.893. The zero-order valence-electron chi connectivity index (χ0n) is 11.2. The maximum atomic E-state index is 12.2. The van der Waals surface area contributed by atoms with Gasteiger partial charge in [0.05, 0.1) is 7.11 Å². The Hall–Kier alpha value is -2.21. The smallest absolute Gasteiger partial charge is 0.333 e. The zero-order valence-corrected chi connectivity index (χ0v) is 12.8. The molecule has 0 bridgehead atoms. The van der Waals surface area contributed by atoms with Gasteiger partial charge in [0.15, 0.2) is 6.04 Å². The minimum atomic E-state index is -0.858. The molecule has 6 heteroatoms. The number of benzene rings is 1. The van der Waals surface area contributed by atoms with Crippen LogP contribution < -0.4 is 5.32 Å². The number of hydrogen-bond donors (Lipinski definition) is 1. The second kappa shape index (κ2) is 6.99. The minimum Gasteiger partial charge on any atom is -0.467 e.